The van der Waals surface area contributed by atoms with Crippen molar-refractivity contribution < 1.29 is 4.79 Å². The first-order valence-electron chi connectivity index (χ1n) is 11.9. The van der Waals surface area contributed by atoms with Gasteiger partial charge in [0.2, 0.25) is 5.95 Å². The largest absolute Gasteiger partial charge is 0.383 e. The van der Waals surface area contributed by atoms with Gasteiger partial charge in [-0.2, -0.15) is 0 Å². The summed E-state index contributed by atoms with van der Waals surface area (Å²) >= 11 is 0. The van der Waals surface area contributed by atoms with E-state index in [1.807, 2.05) is 48.4 Å². The summed E-state index contributed by atoms with van der Waals surface area (Å²) < 4.78 is 0. The SMILES string of the molecule is CCc1ccc(CN(C(=O)c2ccc3nc(N)c(C)cc3c2)C2CCc3nc(N)ncc3C2)nc1. The van der Waals surface area contributed by atoms with Gasteiger partial charge in [0.15, 0.2) is 0 Å². The van der Waals surface area contributed by atoms with Crippen LogP contribution in [0.5, 0.6) is 0 Å². The fourth-order valence-electron chi connectivity index (χ4n) is 4.66. The zero-order valence-electron chi connectivity index (χ0n) is 20.0. The van der Waals surface area contributed by atoms with E-state index < -0.39 is 0 Å². The quantitative estimate of drug-likeness (QED) is 0.459. The van der Waals surface area contributed by atoms with Crippen LogP contribution >= 0.6 is 0 Å². The third-order valence-corrected chi connectivity index (χ3v) is 6.76. The fourth-order valence-corrected chi connectivity index (χ4v) is 4.66. The molecule has 4 aromatic rings. The van der Waals surface area contributed by atoms with Gasteiger partial charge in [0.1, 0.15) is 5.82 Å². The Morgan fingerprint density at radius 2 is 1.94 bits per heavy atom. The minimum Gasteiger partial charge on any atom is -0.383 e. The Labute approximate surface area is 204 Å². The van der Waals surface area contributed by atoms with Gasteiger partial charge in [-0.3, -0.25) is 9.78 Å². The molecule has 0 saturated heterocycles. The van der Waals surface area contributed by atoms with Crippen molar-refractivity contribution in [1.29, 1.82) is 0 Å². The summed E-state index contributed by atoms with van der Waals surface area (Å²) in [6.07, 6.45) is 6.83. The molecule has 5 rings (SSSR count). The molecule has 8 heteroatoms. The third kappa shape index (κ3) is 4.64. The minimum atomic E-state index is -0.0347. The van der Waals surface area contributed by atoms with Crippen molar-refractivity contribution in [3.8, 4) is 0 Å². The standard InChI is InChI=1S/C27H29N7O/c1-3-17-4-6-21(30-13-17)15-34(22-7-9-24-20(12-22)14-31-27(29)33-24)26(35)18-5-8-23-19(11-18)10-16(2)25(28)32-23/h4-6,8,10-11,13-14,22H,3,7,9,12,15H2,1-2H3,(H2,28,32)(H2,29,31,33). The maximum Gasteiger partial charge on any atom is 0.254 e. The molecule has 178 valence electrons. The first-order chi connectivity index (χ1) is 16.9. The molecule has 0 saturated carbocycles. The highest BCUT2D eigenvalue weighted by Crippen LogP contribution is 2.27. The van der Waals surface area contributed by atoms with Crippen LogP contribution in [0.4, 0.5) is 11.8 Å². The first kappa shape index (κ1) is 22.7. The van der Waals surface area contributed by atoms with Gasteiger partial charge in [0, 0.05) is 35.1 Å². The Bertz CT molecular complexity index is 1400. The van der Waals surface area contributed by atoms with Crippen LogP contribution in [0.15, 0.2) is 48.8 Å². The highest BCUT2D eigenvalue weighted by Gasteiger charge is 2.30. The molecule has 3 aromatic heterocycles. The monoisotopic (exact) mass is 467 g/mol. The Kier molecular flexibility index (Phi) is 6.03. The second-order valence-electron chi connectivity index (χ2n) is 9.14. The Balaban J connectivity index is 1.49. The van der Waals surface area contributed by atoms with Crippen molar-refractivity contribution in [1.82, 2.24) is 24.8 Å². The van der Waals surface area contributed by atoms with Gasteiger partial charge in [0.05, 0.1) is 17.8 Å². The molecule has 1 atom stereocenters. The highest BCUT2D eigenvalue weighted by molar-refractivity contribution is 5.98. The number of rotatable bonds is 5. The van der Waals surface area contributed by atoms with E-state index in [2.05, 4.69) is 32.9 Å². The molecule has 3 heterocycles. The fraction of sp³-hybridized carbons (Fsp3) is 0.296. The Morgan fingerprint density at radius 1 is 1.09 bits per heavy atom. The summed E-state index contributed by atoms with van der Waals surface area (Å²) in [5.74, 6) is 0.757. The summed E-state index contributed by atoms with van der Waals surface area (Å²) in [6.45, 7) is 4.45. The Morgan fingerprint density at radius 3 is 2.71 bits per heavy atom. The molecule has 0 spiro atoms. The summed E-state index contributed by atoms with van der Waals surface area (Å²) in [5, 5.41) is 0.894. The average Bonchev–Trinajstić information content (AvgIpc) is 2.87. The number of amides is 1. The van der Waals surface area contributed by atoms with Crippen molar-refractivity contribution in [2.24, 2.45) is 0 Å². The van der Waals surface area contributed by atoms with Crippen LogP contribution in [0.2, 0.25) is 0 Å². The lowest BCUT2D eigenvalue weighted by atomic mass is 9.91. The van der Waals surface area contributed by atoms with Crippen molar-refractivity contribution in [3.63, 3.8) is 0 Å². The van der Waals surface area contributed by atoms with Crippen LogP contribution in [-0.4, -0.2) is 36.8 Å². The van der Waals surface area contributed by atoms with E-state index in [0.29, 0.717) is 24.3 Å². The topological polar surface area (TPSA) is 124 Å². The molecule has 0 radical (unpaired) electrons. The van der Waals surface area contributed by atoms with Crippen molar-refractivity contribution in [3.05, 3.63) is 82.4 Å². The highest BCUT2D eigenvalue weighted by atomic mass is 16.2. The van der Waals surface area contributed by atoms with Crippen LogP contribution in [0.25, 0.3) is 10.9 Å². The summed E-state index contributed by atoms with van der Waals surface area (Å²) in [6, 6.07) is 11.6. The van der Waals surface area contributed by atoms with Crippen LogP contribution in [0.1, 0.15) is 51.8 Å². The van der Waals surface area contributed by atoms with Gasteiger partial charge < -0.3 is 16.4 Å². The van der Waals surface area contributed by atoms with Crippen molar-refractivity contribution in [2.45, 2.75) is 52.1 Å². The average molecular weight is 468 g/mol. The molecular weight excluding hydrogens is 438 g/mol. The number of nitrogens with two attached hydrogens (primary N) is 2. The second-order valence-corrected chi connectivity index (χ2v) is 9.14. The number of benzene rings is 1. The van der Waals surface area contributed by atoms with Crippen LogP contribution < -0.4 is 11.5 Å². The van der Waals surface area contributed by atoms with E-state index in [-0.39, 0.29) is 17.9 Å². The summed E-state index contributed by atoms with van der Waals surface area (Å²) in [5.41, 5.74) is 18.1. The zero-order valence-corrected chi connectivity index (χ0v) is 20.0. The van der Waals surface area contributed by atoms with E-state index in [1.54, 1.807) is 6.20 Å². The molecule has 1 amide bonds. The maximum absolute atomic E-state index is 13.9. The van der Waals surface area contributed by atoms with E-state index >= 15 is 0 Å². The number of carbonyl (C=O) groups is 1. The lowest BCUT2D eigenvalue weighted by Gasteiger charge is -2.35. The van der Waals surface area contributed by atoms with E-state index in [4.69, 9.17) is 11.5 Å². The smallest absolute Gasteiger partial charge is 0.254 e. The third-order valence-electron chi connectivity index (χ3n) is 6.76. The van der Waals surface area contributed by atoms with Crippen molar-refractivity contribution in [2.75, 3.05) is 11.5 Å². The second kappa shape index (κ2) is 9.29. The number of nitrogens with zero attached hydrogens (tertiary/aromatic N) is 5. The lowest BCUT2D eigenvalue weighted by Crippen LogP contribution is -2.43. The first-order valence-corrected chi connectivity index (χ1v) is 11.9. The van der Waals surface area contributed by atoms with E-state index in [9.17, 15) is 4.79 Å². The number of nitrogen functional groups attached to an aromatic ring is 2. The normalized spacial score (nSPS) is 15.1. The molecule has 0 fully saturated rings. The zero-order chi connectivity index (χ0) is 24.5. The molecule has 1 aliphatic carbocycles. The number of fused-ring (bicyclic) bond motifs is 2. The van der Waals surface area contributed by atoms with Gasteiger partial charge >= 0.3 is 0 Å². The molecule has 4 N–H and O–H groups in total. The van der Waals surface area contributed by atoms with Crippen LogP contribution in [-0.2, 0) is 25.8 Å². The molecular formula is C27H29N7O. The van der Waals surface area contributed by atoms with Crippen molar-refractivity contribution >= 4 is 28.6 Å². The molecule has 1 aromatic carbocycles. The lowest BCUT2D eigenvalue weighted by molar-refractivity contribution is 0.0639. The number of aryl methyl sites for hydroxylation is 3. The van der Waals surface area contributed by atoms with Gasteiger partial charge in [-0.15, -0.1) is 0 Å². The Hall–Kier alpha value is -4.07. The number of pyridine rings is 2. The number of hydrogen-bond donors (Lipinski definition) is 2. The minimum absolute atomic E-state index is 0.00291. The molecule has 35 heavy (non-hydrogen) atoms. The van der Waals surface area contributed by atoms with E-state index in [0.717, 1.165) is 52.7 Å². The predicted octanol–water partition coefficient (Wildman–Crippen LogP) is 3.65. The molecule has 0 bridgehead atoms. The summed E-state index contributed by atoms with van der Waals surface area (Å²) in [7, 11) is 0. The van der Waals surface area contributed by atoms with Gasteiger partial charge in [0.25, 0.3) is 5.91 Å². The molecule has 1 unspecified atom stereocenters. The van der Waals surface area contributed by atoms with Gasteiger partial charge in [-0.25, -0.2) is 15.0 Å². The van der Waals surface area contributed by atoms with E-state index in [1.165, 1.54) is 5.56 Å². The summed E-state index contributed by atoms with van der Waals surface area (Å²) in [4.78, 5) is 33.5. The number of hydrogen-bond acceptors (Lipinski definition) is 7. The molecule has 8 nitrogen and oxygen atoms in total. The predicted molar refractivity (Wildman–Crippen MR) is 137 cm³/mol. The molecule has 0 aliphatic heterocycles. The number of carbonyl (C=O) groups excluding carboxylic acids is 1. The molecule has 1 aliphatic rings. The van der Waals surface area contributed by atoms with Gasteiger partial charge in [-0.05, 0) is 79.6 Å². The number of aromatic nitrogens is 4. The van der Waals surface area contributed by atoms with Gasteiger partial charge in [-0.1, -0.05) is 13.0 Å². The van der Waals surface area contributed by atoms with Crippen LogP contribution in [0.3, 0.4) is 0 Å². The number of anilines is 2. The maximum atomic E-state index is 13.9. The van der Waals surface area contributed by atoms with Crippen LogP contribution in [0, 0.1) is 6.92 Å².